The Hall–Kier alpha value is -0.420. The van der Waals surface area contributed by atoms with E-state index in [0.717, 1.165) is 12.8 Å². The SMILES string of the molecule is CC(=O)CNS(=O)(=O)CC1CC1. The Morgan fingerprint density at radius 3 is 2.50 bits per heavy atom. The van der Waals surface area contributed by atoms with Crippen LogP contribution in [0.5, 0.6) is 0 Å². The molecule has 1 rings (SSSR count). The van der Waals surface area contributed by atoms with Gasteiger partial charge in [0, 0.05) is 0 Å². The molecule has 12 heavy (non-hydrogen) atoms. The summed E-state index contributed by atoms with van der Waals surface area (Å²) in [4.78, 5) is 10.5. The largest absolute Gasteiger partial charge is 0.299 e. The fraction of sp³-hybridized carbons (Fsp3) is 0.857. The van der Waals surface area contributed by atoms with Gasteiger partial charge in [0.2, 0.25) is 10.0 Å². The van der Waals surface area contributed by atoms with Crippen molar-refractivity contribution in [1.82, 2.24) is 4.72 Å². The fourth-order valence-electron chi connectivity index (χ4n) is 0.865. The predicted molar refractivity (Wildman–Crippen MR) is 45.2 cm³/mol. The number of nitrogens with one attached hydrogen (secondary N) is 1. The van der Waals surface area contributed by atoms with E-state index < -0.39 is 10.0 Å². The van der Waals surface area contributed by atoms with Crippen LogP contribution < -0.4 is 4.72 Å². The molecule has 4 nitrogen and oxygen atoms in total. The maximum atomic E-state index is 11.1. The number of ketones is 1. The molecular formula is C7H13NO3S. The molecule has 0 radical (unpaired) electrons. The summed E-state index contributed by atoms with van der Waals surface area (Å²) in [6.45, 7) is 1.29. The maximum absolute atomic E-state index is 11.1. The number of Topliss-reactive ketones (excluding diaryl/α,β-unsaturated/α-hetero) is 1. The summed E-state index contributed by atoms with van der Waals surface area (Å²) in [6.07, 6.45) is 2.00. The van der Waals surface area contributed by atoms with Crippen LogP contribution in [-0.4, -0.2) is 26.5 Å². The Kier molecular flexibility index (Phi) is 2.85. The van der Waals surface area contributed by atoms with Crippen LogP contribution in [0, 0.1) is 5.92 Å². The first-order valence-corrected chi connectivity index (χ1v) is 5.61. The number of carbonyl (C=O) groups excluding carboxylic acids is 1. The van der Waals surface area contributed by atoms with Crippen LogP contribution in [0.3, 0.4) is 0 Å². The lowest BCUT2D eigenvalue weighted by molar-refractivity contribution is -0.115. The van der Waals surface area contributed by atoms with E-state index in [1.54, 1.807) is 0 Å². The molecule has 1 aliphatic carbocycles. The minimum Gasteiger partial charge on any atom is -0.299 e. The van der Waals surface area contributed by atoms with Gasteiger partial charge in [0.05, 0.1) is 12.3 Å². The average molecular weight is 191 g/mol. The quantitative estimate of drug-likeness (QED) is 0.660. The summed E-state index contributed by atoms with van der Waals surface area (Å²) >= 11 is 0. The van der Waals surface area contributed by atoms with E-state index in [1.807, 2.05) is 0 Å². The van der Waals surface area contributed by atoms with E-state index in [9.17, 15) is 13.2 Å². The third kappa shape index (κ3) is 3.82. The molecule has 0 aromatic rings. The Labute approximate surface area is 72.4 Å². The van der Waals surface area contributed by atoms with Crippen molar-refractivity contribution in [3.05, 3.63) is 0 Å². The molecule has 0 aliphatic heterocycles. The van der Waals surface area contributed by atoms with Crippen LogP contribution >= 0.6 is 0 Å². The lowest BCUT2D eigenvalue weighted by atomic mass is 10.5. The van der Waals surface area contributed by atoms with Gasteiger partial charge in [-0.05, 0) is 25.7 Å². The van der Waals surface area contributed by atoms with Crippen molar-refractivity contribution in [2.75, 3.05) is 12.3 Å². The van der Waals surface area contributed by atoms with Crippen molar-refractivity contribution < 1.29 is 13.2 Å². The van der Waals surface area contributed by atoms with Crippen LogP contribution in [-0.2, 0) is 14.8 Å². The molecule has 1 aliphatic rings. The highest BCUT2D eigenvalue weighted by Gasteiger charge is 2.27. The van der Waals surface area contributed by atoms with Crippen LogP contribution in [0.1, 0.15) is 19.8 Å². The molecule has 1 saturated carbocycles. The Balaban J connectivity index is 2.31. The topological polar surface area (TPSA) is 63.2 Å². The third-order valence-corrected chi connectivity index (χ3v) is 3.19. The number of hydrogen-bond acceptors (Lipinski definition) is 3. The van der Waals surface area contributed by atoms with Crippen molar-refractivity contribution in [2.45, 2.75) is 19.8 Å². The molecule has 0 bridgehead atoms. The van der Waals surface area contributed by atoms with Crippen LogP contribution in [0.25, 0.3) is 0 Å². The number of sulfonamides is 1. The predicted octanol–water partition coefficient (Wildman–Crippen LogP) is -0.0952. The summed E-state index contributed by atoms with van der Waals surface area (Å²) in [5.41, 5.74) is 0. The van der Waals surface area contributed by atoms with Gasteiger partial charge in [-0.2, -0.15) is 0 Å². The maximum Gasteiger partial charge on any atom is 0.212 e. The van der Waals surface area contributed by atoms with Gasteiger partial charge in [0.25, 0.3) is 0 Å². The molecule has 0 aromatic carbocycles. The van der Waals surface area contributed by atoms with Crippen LogP contribution in [0.2, 0.25) is 0 Å². The lowest BCUT2D eigenvalue weighted by Crippen LogP contribution is -2.31. The van der Waals surface area contributed by atoms with E-state index >= 15 is 0 Å². The molecule has 0 aromatic heterocycles. The van der Waals surface area contributed by atoms with Crippen molar-refractivity contribution in [2.24, 2.45) is 5.92 Å². The number of rotatable bonds is 5. The second kappa shape index (κ2) is 3.53. The first-order chi connectivity index (χ1) is 5.49. The monoisotopic (exact) mass is 191 g/mol. The zero-order chi connectivity index (χ0) is 9.19. The Morgan fingerprint density at radius 2 is 2.08 bits per heavy atom. The summed E-state index contributed by atoms with van der Waals surface area (Å²) < 4.78 is 24.5. The van der Waals surface area contributed by atoms with Crippen molar-refractivity contribution >= 4 is 15.8 Å². The highest BCUT2D eigenvalue weighted by Crippen LogP contribution is 2.29. The first-order valence-electron chi connectivity index (χ1n) is 3.96. The van der Waals surface area contributed by atoms with Gasteiger partial charge < -0.3 is 0 Å². The van der Waals surface area contributed by atoms with E-state index in [-0.39, 0.29) is 18.1 Å². The van der Waals surface area contributed by atoms with E-state index in [0.29, 0.717) is 5.92 Å². The van der Waals surface area contributed by atoms with Gasteiger partial charge in [-0.15, -0.1) is 0 Å². The smallest absolute Gasteiger partial charge is 0.212 e. The molecule has 0 heterocycles. The molecule has 0 unspecified atom stereocenters. The summed E-state index contributed by atoms with van der Waals surface area (Å²) in [5, 5.41) is 0. The van der Waals surface area contributed by atoms with Gasteiger partial charge in [0.15, 0.2) is 0 Å². The second-order valence-electron chi connectivity index (χ2n) is 3.25. The minimum atomic E-state index is -3.18. The molecule has 0 amide bonds. The molecule has 70 valence electrons. The van der Waals surface area contributed by atoms with Gasteiger partial charge in [-0.1, -0.05) is 0 Å². The Bertz CT molecular complexity index is 266. The van der Waals surface area contributed by atoms with E-state index in [2.05, 4.69) is 4.72 Å². The number of hydrogen-bond donors (Lipinski definition) is 1. The van der Waals surface area contributed by atoms with Gasteiger partial charge >= 0.3 is 0 Å². The first kappa shape index (κ1) is 9.67. The summed E-state index contributed by atoms with van der Waals surface area (Å²) in [7, 11) is -3.18. The zero-order valence-electron chi connectivity index (χ0n) is 7.04. The van der Waals surface area contributed by atoms with Gasteiger partial charge in [-0.25, -0.2) is 13.1 Å². The van der Waals surface area contributed by atoms with Crippen LogP contribution in [0.4, 0.5) is 0 Å². The molecular weight excluding hydrogens is 178 g/mol. The summed E-state index contributed by atoms with van der Waals surface area (Å²) in [5.74, 6) is 0.351. The van der Waals surface area contributed by atoms with E-state index in [1.165, 1.54) is 6.92 Å². The Morgan fingerprint density at radius 1 is 1.50 bits per heavy atom. The van der Waals surface area contributed by atoms with Crippen molar-refractivity contribution in [3.8, 4) is 0 Å². The lowest BCUT2D eigenvalue weighted by Gasteiger charge is -2.02. The summed E-state index contributed by atoms with van der Waals surface area (Å²) in [6, 6.07) is 0. The van der Waals surface area contributed by atoms with Crippen LogP contribution in [0.15, 0.2) is 0 Å². The van der Waals surface area contributed by atoms with Gasteiger partial charge in [-0.3, -0.25) is 4.79 Å². The highest BCUT2D eigenvalue weighted by atomic mass is 32.2. The molecule has 1 fully saturated rings. The average Bonchev–Trinajstić information content (AvgIpc) is 2.67. The van der Waals surface area contributed by atoms with Crippen molar-refractivity contribution in [3.63, 3.8) is 0 Å². The second-order valence-corrected chi connectivity index (χ2v) is 5.10. The molecule has 5 heteroatoms. The molecule has 0 atom stereocenters. The normalized spacial score (nSPS) is 17.8. The van der Waals surface area contributed by atoms with Crippen molar-refractivity contribution in [1.29, 1.82) is 0 Å². The zero-order valence-corrected chi connectivity index (χ0v) is 7.86. The number of carbonyl (C=O) groups is 1. The molecule has 0 spiro atoms. The van der Waals surface area contributed by atoms with E-state index in [4.69, 9.17) is 0 Å². The molecule has 1 N–H and O–H groups in total. The fourth-order valence-corrected chi connectivity index (χ4v) is 2.36. The third-order valence-electron chi connectivity index (χ3n) is 1.69. The minimum absolute atomic E-state index is 0.0744. The van der Waals surface area contributed by atoms with Gasteiger partial charge in [0.1, 0.15) is 5.78 Å². The standard InChI is InChI=1S/C7H13NO3S/c1-6(9)4-8-12(10,11)5-7-2-3-7/h7-8H,2-5H2,1H3. The molecule has 0 saturated heterocycles. The highest BCUT2D eigenvalue weighted by molar-refractivity contribution is 7.89.